The van der Waals surface area contributed by atoms with E-state index >= 15 is 0 Å². The topological polar surface area (TPSA) is 55.6 Å². The Hall–Kier alpha value is -1.71. The van der Waals surface area contributed by atoms with Crippen LogP contribution in [0.3, 0.4) is 0 Å². The molecule has 0 radical (unpaired) electrons. The quantitative estimate of drug-likeness (QED) is 0.445. The smallest absolute Gasteiger partial charge is 0.325 e. The van der Waals surface area contributed by atoms with Gasteiger partial charge in [-0.3, -0.25) is 4.79 Å². The van der Waals surface area contributed by atoms with Gasteiger partial charge in [0.1, 0.15) is 6.54 Å². The number of hydrogen-bond acceptors (Lipinski definition) is 4. The second-order valence-electron chi connectivity index (χ2n) is 4.53. The highest BCUT2D eigenvalue weighted by Gasteiger charge is 2.11. The van der Waals surface area contributed by atoms with E-state index in [9.17, 15) is 4.79 Å². The minimum absolute atomic E-state index is 0.184. The van der Waals surface area contributed by atoms with Crippen LogP contribution in [0.4, 0.5) is 11.4 Å². The number of unbranched alkanes of at least 4 members (excludes halogenated alkanes) is 2. The molecular weight excluding hydrogens is 240 g/mol. The summed E-state index contributed by atoms with van der Waals surface area (Å²) in [5, 5.41) is 0. The lowest BCUT2D eigenvalue weighted by atomic mass is 10.2. The minimum atomic E-state index is -0.184. The molecule has 4 nitrogen and oxygen atoms in total. The van der Waals surface area contributed by atoms with Crippen molar-refractivity contribution in [1.29, 1.82) is 0 Å². The number of nitrogens with two attached hydrogens (primary N) is 1. The van der Waals surface area contributed by atoms with E-state index in [4.69, 9.17) is 10.5 Å². The van der Waals surface area contributed by atoms with E-state index in [2.05, 4.69) is 6.92 Å². The summed E-state index contributed by atoms with van der Waals surface area (Å²) in [6.07, 6.45) is 3.39. The highest BCUT2D eigenvalue weighted by molar-refractivity contribution is 5.76. The summed E-state index contributed by atoms with van der Waals surface area (Å²) in [5.74, 6) is -0.184. The second-order valence-corrected chi connectivity index (χ2v) is 4.53. The number of carbonyl (C=O) groups is 1. The summed E-state index contributed by atoms with van der Waals surface area (Å²) in [6, 6.07) is 7.60. The van der Waals surface area contributed by atoms with Crippen molar-refractivity contribution in [3.63, 3.8) is 0 Å². The van der Waals surface area contributed by atoms with Gasteiger partial charge in [-0.25, -0.2) is 0 Å². The molecule has 0 bridgehead atoms. The van der Waals surface area contributed by atoms with E-state index in [0.29, 0.717) is 13.2 Å². The molecule has 1 aromatic rings. The average Bonchev–Trinajstić information content (AvgIpc) is 2.39. The number of hydrogen-bond donors (Lipinski definition) is 1. The van der Waals surface area contributed by atoms with Crippen LogP contribution >= 0.6 is 0 Å². The number of carbonyl (C=O) groups excluding carboxylic acids is 1. The molecule has 0 fully saturated rings. The fraction of sp³-hybridized carbons (Fsp3) is 0.533. The number of ether oxygens (including phenoxy) is 1. The van der Waals surface area contributed by atoms with Crippen LogP contribution in [0.1, 0.15) is 33.1 Å². The highest BCUT2D eigenvalue weighted by Crippen LogP contribution is 2.17. The lowest BCUT2D eigenvalue weighted by molar-refractivity contribution is -0.141. The monoisotopic (exact) mass is 264 g/mol. The first-order chi connectivity index (χ1) is 9.17. The van der Waals surface area contributed by atoms with Crippen LogP contribution in [-0.4, -0.2) is 25.7 Å². The van der Waals surface area contributed by atoms with Gasteiger partial charge >= 0.3 is 5.97 Å². The number of esters is 1. The predicted molar refractivity (Wildman–Crippen MR) is 79.2 cm³/mol. The van der Waals surface area contributed by atoms with Crippen LogP contribution < -0.4 is 10.6 Å². The highest BCUT2D eigenvalue weighted by atomic mass is 16.5. The van der Waals surface area contributed by atoms with Crippen molar-refractivity contribution in [2.75, 3.05) is 30.3 Å². The van der Waals surface area contributed by atoms with E-state index in [1.165, 1.54) is 0 Å². The molecule has 0 amide bonds. The van der Waals surface area contributed by atoms with Crippen molar-refractivity contribution in [2.45, 2.75) is 33.1 Å². The Bertz CT molecular complexity index is 376. The standard InChI is InChI=1S/C15H24N2O2/c1-3-5-6-11-17(12-15(18)19-4-2)14-9-7-13(16)8-10-14/h7-10H,3-6,11-12,16H2,1-2H3. The first-order valence-electron chi connectivity index (χ1n) is 6.93. The first-order valence-corrected chi connectivity index (χ1v) is 6.93. The van der Waals surface area contributed by atoms with Gasteiger partial charge in [0.25, 0.3) is 0 Å². The van der Waals surface area contributed by atoms with Gasteiger partial charge in [0.15, 0.2) is 0 Å². The van der Waals surface area contributed by atoms with Crippen molar-refractivity contribution >= 4 is 17.3 Å². The van der Waals surface area contributed by atoms with E-state index in [1.54, 1.807) is 0 Å². The maximum absolute atomic E-state index is 11.6. The van der Waals surface area contributed by atoms with Crippen LogP contribution in [0, 0.1) is 0 Å². The Morgan fingerprint density at radius 3 is 2.47 bits per heavy atom. The fourth-order valence-corrected chi connectivity index (χ4v) is 1.90. The molecule has 0 aliphatic rings. The number of anilines is 2. The Morgan fingerprint density at radius 2 is 1.89 bits per heavy atom. The minimum Gasteiger partial charge on any atom is -0.465 e. The maximum Gasteiger partial charge on any atom is 0.325 e. The van der Waals surface area contributed by atoms with E-state index in [1.807, 2.05) is 36.1 Å². The molecule has 1 aromatic carbocycles. The van der Waals surface area contributed by atoms with Crippen molar-refractivity contribution in [1.82, 2.24) is 0 Å². The van der Waals surface area contributed by atoms with E-state index in [-0.39, 0.29) is 5.97 Å². The van der Waals surface area contributed by atoms with Gasteiger partial charge in [-0.15, -0.1) is 0 Å². The Morgan fingerprint density at radius 1 is 1.21 bits per heavy atom. The van der Waals surface area contributed by atoms with Gasteiger partial charge in [0.2, 0.25) is 0 Å². The van der Waals surface area contributed by atoms with Crippen molar-refractivity contribution in [2.24, 2.45) is 0 Å². The van der Waals surface area contributed by atoms with Gasteiger partial charge in [-0.1, -0.05) is 19.8 Å². The van der Waals surface area contributed by atoms with Crippen molar-refractivity contribution < 1.29 is 9.53 Å². The SMILES string of the molecule is CCCCCN(CC(=O)OCC)c1ccc(N)cc1. The molecule has 106 valence electrons. The molecule has 1 rings (SSSR count). The van der Waals surface area contributed by atoms with Crippen molar-refractivity contribution in [3.05, 3.63) is 24.3 Å². The molecule has 0 aromatic heterocycles. The van der Waals surface area contributed by atoms with E-state index < -0.39 is 0 Å². The second kappa shape index (κ2) is 8.40. The third kappa shape index (κ3) is 5.64. The van der Waals surface area contributed by atoms with Crippen molar-refractivity contribution in [3.8, 4) is 0 Å². The lowest BCUT2D eigenvalue weighted by Crippen LogP contribution is -2.32. The molecule has 0 heterocycles. The molecule has 4 heteroatoms. The van der Waals surface area contributed by atoms with Crippen LogP contribution in [0.25, 0.3) is 0 Å². The number of rotatable bonds is 8. The van der Waals surface area contributed by atoms with Crippen LogP contribution in [-0.2, 0) is 9.53 Å². The predicted octanol–water partition coefficient (Wildman–Crippen LogP) is 2.83. The Kier molecular flexibility index (Phi) is 6.79. The molecule has 0 spiro atoms. The van der Waals surface area contributed by atoms with Gasteiger partial charge < -0.3 is 15.4 Å². The number of benzene rings is 1. The van der Waals surface area contributed by atoms with Crippen LogP contribution in [0.2, 0.25) is 0 Å². The zero-order valence-electron chi connectivity index (χ0n) is 11.9. The van der Waals surface area contributed by atoms with E-state index in [0.717, 1.165) is 37.2 Å². The average molecular weight is 264 g/mol. The molecule has 0 unspecified atom stereocenters. The summed E-state index contributed by atoms with van der Waals surface area (Å²) in [4.78, 5) is 13.7. The molecule has 0 atom stereocenters. The molecule has 0 aliphatic heterocycles. The fourth-order valence-electron chi connectivity index (χ4n) is 1.90. The molecule has 19 heavy (non-hydrogen) atoms. The third-order valence-corrected chi connectivity index (χ3v) is 2.92. The zero-order chi connectivity index (χ0) is 14.1. The van der Waals surface area contributed by atoms with Gasteiger partial charge in [-0.05, 0) is 37.6 Å². The first kappa shape index (κ1) is 15.3. The van der Waals surface area contributed by atoms with Gasteiger partial charge in [0.05, 0.1) is 6.61 Å². The number of nitrogen functional groups attached to an aromatic ring is 1. The summed E-state index contributed by atoms with van der Waals surface area (Å²) in [7, 11) is 0. The largest absolute Gasteiger partial charge is 0.465 e. The normalized spacial score (nSPS) is 10.2. The molecule has 0 saturated heterocycles. The summed E-state index contributed by atoms with van der Waals surface area (Å²) >= 11 is 0. The van der Waals surface area contributed by atoms with Gasteiger partial charge in [0, 0.05) is 17.9 Å². The third-order valence-electron chi connectivity index (χ3n) is 2.92. The lowest BCUT2D eigenvalue weighted by Gasteiger charge is -2.23. The maximum atomic E-state index is 11.6. The van der Waals surface area contributed by atoms with Crippen LogP contribution in [0.15, 0.2) is 24.3 Å². The summed E-state index contributed by atoms with van der Waals surface area (Å²) < 4.78 is 5.02. The van der Waals surface area contributed by atoms with Gasteiger partial charge in [-0.2, -0.15) is 0 Å². The summed E-state index contributed by atoms with van der Waals surface area (Å²) in [6.45, 7) is 5.56. The Balaban J connectivity index is 2.67. The molecular formula is C15H24N2O2. The summed E-state index contributed by atoms with van der Waals surface area (Å²) in [5.41, 5.74) is 7.43. The molecule has 0 aliphatic carbocycles. The number of nitrogens with zero attached hydrogens (tertiary/aromatic N) is 1. The zero-order valence-corrected chi connectivity index (χ0v) is 11.9. The molecule has 0 saturated carbocycles. The Labute approximate surface area is 115 Å². The molecule has 2 N–H and O–H groups in total. The van der Waals surface area contributed by atoms with Crippen LogP contribution in [0.5, 0.6) is 0 Å².